The molecule has 1 aliphatic rings. The Hall–Kier alpha value is -2.62. The van der Waals surface area contributed by atoms with E-state index in [1.807, 2.05) is 29.1 Å². The lowest BCUT2D eigenvalue weighted by atomic mass is 10.0. The van der Waals surface area contributed by atoms with E-state index in [0.29, 0.717) is 5.56 Å². The topological polar surface area (TPSA) is 55.1 Å². The molecule has 0 atom stereocenters. The van der Waals surface area contributed by atoms with E-state index in [2.05, 4.69) is 17.4 Å². The maximum atomic E-state index is 11.0. The van der Waals surface area contributed by atoms with Gasteiger partial charge < -0.3 is 5.11 Å². The Labute approximate surface area is 128 Å². The summed E-state index contributed by atoms with van der Waals surface area (Å²) in [4.78, 5) is 11.0. The van der Waals surface area contributed by atoms with Crippen LogP contribution in [-0.2, 0) is 6.54 Å². The first-order valence-electron chi connectivity index (χ1n) is 7.49. The number of carbonyl (C=O) groups is 1. The molecule has 0 spiro atoms. The zero-order valence-electron chi connectivity index (χ0n) is 12.1. The lowest BCUT2D eigenvalue weighted by molar-refractivity contribution is 0.0697. The Morgan fingerprint density at radius 1 is 1.14 bits per heavy atom. The molecule has 1 saturated carbocycles. The van der Waals surface area contributed by atoms with Crippen LogP contribution in [0.25, 0.3) is 21.9 Å². The van der Waals surface area contributed by atoms with E-state index in [4.69, 9.17) is 5.11 Å². The van der Waals surface area contributed by atoms with E-state index in [1.54, 1.807) is 12.1 Å². The second-order valence-electron chi connectivity index (χ2n) is 5.98. The summed E-state index contributed by atoms with van der Waals surface area (Å²) in [7, 11) is 0. The molecule has 0 aliphatic heterocycles. The van der Waals surface area contributed by atoms with Gasteiger partial charge in [0, 0.05) is 18.3 Å². The van der Waals surface area contributed by atoms with Crippen molar-refractivity contribution in [1.82, 2.24) is 9.78 Å². The van der Waals surface area contributed by atoms with Gasteiger partial charge in [0.05, 0.1) is 11.8 Å². The van der Waals surface area contributed by atoms with Gasteiger partial charge in [-0.25, -0.2) is 4.79 Å². The Morgan fingerprint density at radius 2 is 1.91 bits per heavy atom. The van der Waals surface area contributed by atoms with E-state index in [0.717, 1.165) is 34.4 Å². The number of hydrogen-bond acceptors (Lipinski definition) is 2. The average Bonchev–Trinajstić information content (AvgIpc) is 3.21. The molecule has 2 aromatic carbocycles. The number of nitrogens with zero attached hydrogens (tertiary/aromatic N) is 2. The quantitative estimate of drug-likeness (QED) is 0.795. The van der Waals surface area contributed by atoms with Crippen molar-refractivity contribution in [1.29, 1.82) is 0 Å². The van der Waals surface area contributed by atoms with Crippen LogP contribution < -0.4 is 0 Å². The van der Waals surface area contributed by atoms with E-state index in [-0.39, 0.29) is 0 Å². The van der Waals surface area contributed by atoms with Crippen molar-refractivity contribution in [2.75, 3.05) is 0 Å². The maximum absolute atomic E-state index is 11.0. The number of carboxylic acids is 1. The molecule has 1 aliphatic carbocycles. The van der Waals surface area contributed by atoms with Gasteiger partial charge >= 0.3 is 5.97 Å². The fourth-order valence-corrected chi connectivity index (χ4v) is 2.74. The summed E-state index contributed by atoms with van der Waals surface area (Å²) in [5, 5.41) is 15.5. The molecule has 4 heteroatoms. The Bertz CT molecular complexity index is 862. The molecule has 0 saturated heterocycles. The molecule has 1 N–H and O–H groups in total. The third-order valence-electron chi connectivity index (χ3n) is 4.20. The van der Waals surface area contributed by atoms with Crippen LogP contribution in [-0.4, -0.2) is 20.9 Å². The lowest BCUT2D eigenvalue weighted by Gasteiger charge is -2.03. The summed E-state index contributed by atoms with van der Waals surface area (Å²) in [6.45, 7) is 1.01. The number of fused-ring (bicyclic) bond motifs is 1. The fraction of sp³-hybridized carbons (Fsp3) is 0.222. The summed E-state index contributed by atoms with van der Waals surface area (Å²) in [6, 6.07) is 11.3. The molecule has 0 unspecified atom stereocenters. The molecule has 0 amide bonds. The highest BCUT2D eigenvalue weighted by Crippen LogP contribution is 2.31. The third-order valence-corrected chi connectivity index (χ3v) is 4.20. The largest absolute Gasteiger partial charge is 0.478 e. The maximum Gasteiger partial charge on any atom is 0.335 e. The van der Waals surface area contributed by atoms with Crippen LogP contribution in [0.4, 0.5) is 0 Å². The van der Waals surface area contributed by atoms with Crippen molar-refractivity contribution in [3.05, 3.63) is 54.4 Å². The minimum absolute atomic E-state index is 0.317. The van der Waals surface area contributed by atoms with Gasteiger partial charge in [0.25, 0.3) is 0 Å². The van der Waals surface area contributed by atoms with Crippen molar-refractivity contribution in [2.24, 2.45) is 5.92 Å². The summed E-state index contributed by atoms with van der Waals surface area (Å²) in [5.41, 5.74) is 2.53. The van der Waals surface area contributed by atoms with E-state index in [1.165, 1.54) is 12.8 Å². The van der Waals surface area contributed by atoms with Crippen LogP contribution in [0.3, 0.4) is 0 Å². The van der Waals surface area contributed by atoms with Gasteiger partial charge in [0.2, 0.25) is 0 Å². The van der Waals surface area contributed by atoms with Crippen molar-refractivity contribution in [2.45, 2.75) is 19.4 Å². The smallest absolute Gasteiger partial charge is 0.335 e. The van der Waals surface area contributed by atoms with Gasteiger partial charge in [0.15, 0.2) is 0 Å². The molecule has 3 aromatic rings. The van der Waals surface area contributed by atoms with Crippen molar-refractivity contribution in [3.63, 3.8) is 0 Å². The molecule has 1 heterocycles. The molecule has 4 nitrogen and oxygen atoms in total. The fourth-order valence-electron chi connectivity index (χ4n) is 2.74. The first-order valence-corrected chi connectivity index (χ1v) is 7.49. The summed E-state index contributed by atoms with van der Waals surface area (Å²) < 4.78 is 2.02. The number of hydrogen-bond donors (Lipinski definition) is 1. The van der Waals surface area contributed by atoms with Crippen LogP contribution in [0.2, 0.25) is 0 Å². The standard InChI is InChI=1S/C18H16N2O2/c21-18(22)16-6-5-13-7-15(4-3-14(13)8-16)17-9-19-20(11-17)10-12-1-2-12/h3-9,11-12H,1-2,10H2,(H,21,22). The normalized spacial score (nSPS) is 14.4. The van der Waals surface area contributed by atoms with Crippen LogP contribution >= 0.6 is 0 Å². The molecule has 0 radical (unpaired) electrons. The number of rotatable bonds is 4. The van der Waals surface area contributed by atoms with E-state index >= 15 is 0 Å². The zero-order valence-corrected chi connectivity index (χ0v) is 12.1. The molecule has 22 heavy (non-hydrogen) atoms. The number of carboxylic acid groups (broad SMARTS) is 1. The van der Waals surface area contributed by atoms with Crippen molar-refractivity contribution < 1.29 is 9.90 Å². The second-order valence-corrected chi connectivity index (χ2v) is 5.98. The Morgan fingerprint density at radius 3 is 2.68 bits per heavy atom. The highest BCUT2D eigenvalue weighted by atomic mass is 16.4. The van der Waals surface area contributed by atoms with Crippen LogP contribution in [0, 0.1) is 5.92 Å². The minimum atomic E-state index is -0.896. The minimum Gasteiger partial charge on any atom is -0.478 e. The van der Waals surface area contributed by atoms with Gasteiger partial charge in [-0.2, -0.15) is 5.10 Å². The zero-order chi connectivity index (χ0) is 15.1. The van der Waals surface area contributed by atoms with Crippen molar-refractivity contribution >= 4 is 16.7 Å². The molecule has 0 bridgehead atoms. The third kappa shape index (κ3) is 2.48. The van der Waals surface area contributed by atoms with Crippen LogP contribution in [0.5, 0.6) is 0 Å². The van der Waals surface area contributed by atoms with Crippen LogP contribution in [0.1, 0.15) is 23.2 Å². The lowest BCUT2D eigenvalue weighted by Crippen LogP contribution is -1.98. The average molecular weight is 292 g/mol. The predicted octanol–water partition coefficient (Wildman–Crippen LogP) is 3.81. The van der Waals surface area contributed by atoms with Crippen LogP contribution in [0.15, 0.2) is 48.8 Å². The summed E-state index contributed by atoms with van der Waals surface area (Å²) >= 11 is 0. The molecule has 1 aromatic heterocycles. The van der Waals surface area contributed by atoms with Gasteiger partial charge in [-0.3, -0.25) is 4.68 Å². The second kappa shape index (κ2) is 4.98. The summed E-state index contributed by atoms with van der Waals surface area (Å²) in [5.74, 6) is -0.0916. The van der Waals surface area contributed by atoms with Gasteiger partial charge in [0.1, 0.15) is 0 Å². The molecule has 110 valence electrons. The summed E-state index contributed by atoms with van der Waals surface area (Å²) in [6.07, 6.45) is 6.62. The van der Waals surface area contributed by atoms with E-state index < -0.39 is 5.97 Å². The highest BCUT2D eigenvalue weighted by molar-refractivity contribution is 5.95. The Balaban J connectivity index is 1.67. The van der Waals surface area contributed by atoms with E-state index in [9.17, 15) is 4.79 Å². The van der Waals surface area contributed by atoms with Gasteiger partial charge in [-0.05, 0) is 53.3 Å². The van der Waals surface area contributed by atoms with Crippen molar-refractivity contribution in [3.8, 4) is 11.1 Å². The van der Waals surface area contributed by atoms with Gasteiger partial charge in [-0.15, -0.1) is 0 Å². The molecular formula is C18H16N2O2. The molecular weight excluding hydrogens is 276 g/mol. The van der Waals surface area contributed by atoms with Gasteiger partial charge in [-0.1, -0.05) is 18.2 Å². The number of benzene rings is 2. The molecule has 1 fully saturated rings. The number of aromatic carboxylic acids is 1. The highest BCUT2D eigenvalue weighted by Gasteiger charge is 2.22. The molecule has 4 rings (SSSR count). The monoisotopic (exact) mass is 292 g/mol. The first-order chi connectivity index (χ1) is 10.7. The Kier molecular flexibility index (Phi) is 2.96. The predicted molar refractivity (Wildman–Crippen MR) is 84.9 cm³/mol. The first kappa shape index (κ1) is 13.1. The number of aromatic nitrogens is 2. The SMILES string of the molecule is O=C(O)c1ccc2cc(-c3cnn(CC4CC4)c3)ccc2c1.